The van der Waals surface area contributed by atoms with Gasteiger partial charge in [0, 0.05) is 24.0 Å². The summed E-state index contributed by atoms with van der Waals surface area (Å²) < 4.78 is 2.42. The topological polar surface area (TPSA) is 63.1 Å². The van der Waals surface area contributed by atoms with E-state index >= 15 is 0 Å². The van der Waals surface area contributed by atoms with Crippen molar-refractivity contribution in [2.24, 2.45) is 0 Å². The highest BCUT2D eigenvalue weighted by molar-refractivity contribution is 5.79. The number of nitrogens with zero attached hydrogens (tertiary/aromatic N) is 4. The summed E-state index contributed by atoms with van der Waals surface area (Å²) in [5.41, 5.74) is 0. The van der Waals surface area contributed by atoms with Crippen LogP contribution in [0.3, 0.4) is 0 Å². The zero-order chi connectivity index (χ0) is 15.4. The van der Waals surface area contributed by atoms with Crippen molar-refractivity contribution in [1.29, 1.82) is 0 Å². The average Bonchev–Trinajstić information content (AvgIpc) is 3.46. The van der Waals surface area contributed by atoms with Crippen LogP contribution in [0.1, 0.15) is 75.0 Å². The Hall–Kier alpha value is -1.43. The molecule has 4 aliphatic rings. The molecular weight excluding hydrogens is 290 g/mol. The third-order valence-electron chi connectivity index (χ3n) is 5.88. The number of piperazine rings is 1. The first-order valence-corrected chi connectivity index (χ1v) is 9.26. The van der Waals surface area contributed by atoms with Crippen LogP contribution < -0.4 is 5.32 Å². The average molecular weight is 315 g/mol. The summed E-state index contributed by atoms with van der Waals surface area (Å²) >= 11 is 0. The van der Waals surface area contributed by atoms with Gasteiger partial charge in [0.05, 0.1) is 13.1 Å². The molecule has 4 fully saturated rings. The number of hydrogen-bond donors (Lipinski definition) is 1. The Morgan fingerprint density at radius 2 is 1.87 bits per heavy atom. The van der Waals surface area contributed by atoms with E-state index in [1.165, 1.54) is 50.8 Å². The zero-order valence-electron chi connectivity index (χ0n) is 13.6. The molecule has 2 atom stereocenters. The van der Waals surface area contributed by atoms with Gasteiger partial charge in [-0.15, -0.1) is 10.2 Å². The van der Waals surface area contributed by atoms with Crippen molar-refractivity contribution in [2.45, 2.75) is 82.0 Å². The molecule has 0 bridgehead atoms. The first-order chi connectivity index (χ1) is 11.3. The third kappa shape index (κ3) is 2.57. The van der Waals surface area contributed by atoms with Gasteiger partial charge < -0.3 is 9.88 Å². The van der Waals surface area contributed by atoms with Gasteiger partial charge in [0.25, 0.3) is 0 Å². The molecule has 1 aliphatic heterocycles. The highest BCUT2D eigenvalue weighted by atomic mass is 16.2. The number of amides is 1. The number of nitrogens with one attached hydrogen (secondary N) is 1. The Morgan fingerprint density at radius 3 is 2.65 bits per heavy atom. The van der Waals surface area contributed by atoms with Crippen molar-refractivity contribution in [2.75, 3.05) is 6.54 Å². The predicted octanol–water partition coefficient (Wildman–Crippen LogP) is 1.73. The molecule has 0 unspecified atom stereocenters. The minimum absolute atomic E-state index is 0.174. The van der Waals surface area contributed by atoms with Crippen LogP contribution in [0.25, 0.3) is 0 Å². The van der Waals surface area contributed by atoms with E-state index in [4.69, 9.17) is 0 Å². The largest absolute Gasteiger partial charge is 0.351 e. The van der Waals surface area contributed by atoms with Crippen molar-refractivity contribution in [3.8, 4) is 0 Å². The van der Waals surface area contributed by atoms with Crippen molar-refractivity contribution >= 4 is 5.91 Å². The molecule has 5 rings (SSSR count). The number of carbonyl (C=O) groups excluding carboxylic acids is 1. The minimum Gasteiger partial charge on any atom is -0.351 e. The van der Waals surface area contributed by atoms with E-state index < -0.39 is 0 Å². The molecule has 0 spiro atoms. The lowest BCUT2D eigenvalue weighted by molar-refractivity contribution is -0.128. The highest BCUT2D eigenvalue weighted by Gasteiger charge is 2.39. The molecule has 1 saturated heterocycles. The summed E-state index contributed by atoms with van der Waals surface area (Å²) in [4.78, 5) is 14.4. The van der Waals surface area contributed by atoms with E-state index in [0.29, 0.717) is 30.6 Å². The number of fused-ring (bicyclic) bond motifs is 1. The van der Waals surface area contributed by atoms with Crippen LogP contribution in [0.4, 0.5) is 0 Å². The number of hydrogen-bond acceptors (Lipinski definition) is 4. The predicted molar refractivity (Wildman–Crippen MR) is 84.9 cm³/mol. The second-order valence-corrected chi connectivity index (χ2v) is 7.78. The van der Waals surface area contributed by atoms with Crippen LogP contribution in [0, 0.1) is 0 Å². The van der Waals surface area contributed by atoms with Crippen LogP contribution in [0.15, 0.2) is 0 Å². The monoisotopic (exact) mass is 315 g/mol. The van der Waals surface area contributed by atoms with Gasteiger partial charge in [-0.2, -0.15) is 0 Å². The van der Waals surface area contributed by atoms with Gasteiger partial charge >= 0.3 is 0 Å². The van der Waals surface area contributed by atoms with Gasteiger partial charge in [-0.05, 0) is 38.5 Å². The Balaban J connectivity index is 1.41. The first kappa shape index (κ1) is 14.0. The van der Waals surface area contributed by atoms with Crippen molar-refractivity contribution in [3.63, 3.8) is 0 Å². The number of aromatic nitrogens is 3. The summed E-state index contributed by atoms with van der Waals surface area (Å²) in [5.74, 6) is 3.12. The summed E-state index contributed by atoms with van der Waals surface area (Å²) in [7, 11) is 0. The van der Waals surface area contributed by atoms with Gasteiger partial charge in [-0.3, -0.25) is 9.69 Å². The van der Waals surface area contributed by atoms with Crippen LogP contribution in [0.2, 0.25) is 0 Å². The summed E-state index contributed by atoms with van der Waals surface area (Å²) in [6.45, 7) is 1.29. The fraction of sp³-hybridized carbons (Fsp3) is 0.824. The van der Waals surface area contributed by atoms with Crippen LogP contribution in [0.5, 0.6) is 0 Å². The molecule has 0 radical (unpaired) electrons. The lowest BCUT2D eigenvalue weighted by Gasteiger charge is -2.43. The second-order valence-electron chi connectivity index (χ2n) is 7.78. The van der Waals surface area contributed by atoms with E-state index in [1.807, 2.05) is 0 Å². The molecule has 23 heavy (non-hydrogen) atoms. The maximum absolute atomic E-state index is 12.1. The molecule has 124 valence electrons. The van der Waals surface area contributed by atoms with Crippen molar-refractivity contribution < 1.29 is 4.79 Å². The fourth-order valence-corrected chi connectivity index (χ4v) is 4.42. The Kier molecular flexibility index (Phi) is 3.21. The molecule has 3 aliphatic carbocycles. The van der Waals surface area contributed by atoms with Crippen molar-refractivity contribution in [1.82, 2.24) is 25.0 Å². The lowest BCUT2D eigenvalue weighted by Crippen LogP contribution is -2.61. The number of rotatable bonds is 4. The molecule has 1 N–H and O–H groups in total. The van der Waals surface area contributed by atoms with Crippen LogP contribution >= 0.6 is 0 Å². The molecule has 3 saturated carbocycles. The van der Waals surface area contributed by atoms with Gasteiger partial charge in [-0.1, -0.05) is 12.8 Å². The SMILES string of the molecule is O=C1CN(Cc2nnc(C3CC3)n2C2CC2)[C@@H]2CCCC[C@@H]2N1. The molecule has 1 amide bonds. The standard InChI is InChI=1S/C17H25N5O/c23-16-10-21(14-4-2-1-3-13(14)18-16)9-15-19-20-17(11-5-6-11)22(15)12-7-8-12/h11-14H,1-10H2,(H,18,23)/t13-,14+/m0/s1. The van der Waals surface area contributed by atoms with Gasteiger partial charge in [0.1, 0.15) is 11.6 Å². The fourth-order valence-electron chi connectivity index (χ4n) is 4.42. The summed E-state index contributed by atoms with van der Waals surface area (Å²) in [5, 5.41) is 12.2. The van der Waals surface area contributed by atoms with E-state index in [0.717, 1.165) is 18.8 Å². The van der Waals surface area contributed by atoms with E-state index in [-0.39, 0.29) is 5.91 Å². The molecule has 2 heterocycles. The van der Waals surface area contributed by atoms with Crippen LogP contribution in [-0.2, 0) is 11.3 Å². The molecular formula is C17H25N5O. The maximum Gasteiger partial charge on any atom is 0.234 e. The molecule has 1 aromatic rings. The van der Waals surface area contributed by atoms with Crippen LogP contribution in [-0.4, -0.2) is 44.2 Å². The van der Waals surface area contributed by atoms with Gasteiger partial charge in [0.2, 0.25) is 5.91 Å². The van der Waals surface area contributed by atoms with E-state index in [2.05, 4.69) is 25.0 Å². The zero-order valence-corrected chi connectivity index (χ0v) is 13.6. The van der Waals surface area contributed by atoms with Gasteiger partial charge in [-0.25, -0.2) is 0 Å². The summed E-state index contributed by atoms with van der Waals surface area (Å²) in [6.07, 6.45) is 9.88. The first-order valence-electron chi connectivity index (χ1n) is 9.26. The number of carbonyl (C=O) groups is 1. The highest BCUT2D eigenvalue weighted by Crippen LogP contribution is 2.45. The van der Waals surface area contributed by atoms with E-state index in [1.54, 1.807) is 0 Å². The molecule has 6 nitrogen and oxygen atoms in total. The minimum atomic E-state index is 0.174. The molecule has 0 aromatic carbocycles. The Morgan fingerprint density at radius 1 is 1.04 bits per heavy atom. The normalized spacial score (nSPS) is 31.7. The van der Waals surface area contributed by atoms with Crippen molar-refractivity contribution in [3.05, 3.63) is 11.6 Å². The quantitative estimate of drug-likeness (QED) is 0.919. The summed E-state index contributed by atoms with van der Waals surface area (Å²) in [6, 6.07) is 1.44. The van der Waals surface area contributed by atoms with E-state index in [9.17, 15) is 4.79 Å². The third-order valence-corrected chi connectivity index (χ3v) is 5.88. The lowest BCUT2D eigenvalue weighted by atomic mass is 9.87. The van der Waals surface area contributed by atoms with Gasteiger partial charge in [0.15, 0.2) is 0 Å². The molecule has 6 heteroatoms. The Labute approximate surface area is 136 Å². The maximum atomic E-state index is 12.1. The smallest absolute Gasteiger partial charge is 0.234 e. The second kappa shape index (κ2) is 5.30. The Bertz CT molecular complexity index is 618. The molecule has 1 aromatic heterocycles.